The van der Waals surface area contributed by atoms with E-state index in [1.807, 2.05) is 11.9 Å². The van der Waals surface area contributed by atoms with Gasteiger partial charge in [0.2, 0.25) is 0 Å². The molecule has 7 heteroatoms. The molecule has 1 aliphatic rings. The molecular weight excluding hydrogens is 347 g/mol. The molecule has 0 spiro atoms. The largest absolute Gasteiger partial charge is 0.492 e. The number of aliphatic hydroxyl groups is 1. The Labute approximate surface area is 162 Å². The molecule has 27 heavy (non-hydrogen) atoms. The van der Waals surface area contributed by atoms with E-state index in [1.165, 1.54) is 12.1 Å². The van der Waals surface area contributed by atoms with E-state index in [0.29, 0.717) is 18.9 Å². The second kappa shape index (κ2) is 11.8. The number of benzene rings is 1. The summed E-state index contributed by atoms with van der Waals surface area (Å²) in [6.45, 7) is 7.80. The maximum absolute atomic E-state index is 12.9. The average Bonchev–Trinajstić information content (AvgIpc) is 2.67. The number of hydrogen-bond donors (Lipinski definition) is 2. The molecule has 1 aromatic carbocycles. The highest BCUT2D eigenvalue weighted by molar-refractivity contribution is 5.79. The zero-order valence-electron chi connectivity index (χ0n) is 16.5. The van der Waals surface area contributed by atoms with Crippen LogP contribution in [0.25, 0.3) is 0 Å². The van der Waals surface area contributed by atoms with Crippen molar-refractivity contribution in [2.75, 3.05) is 52.9 Å². The number of likely N-dealkylation sites (tertiary alicyclic amines) is 1. The Hall–Kier alpha value is -1.86. The smallest absolute Gasteiger partial charge is 0.193 e. The van der Waals surface area contributed by atoms with Crippen molar-refractivity contribution in [3.63, 3.8) is 0 Å². The van der Waals surface area contributed by atoms with Crippen LogP contribution in [-0.2, 0) is 0 Å². The van der Waals surface area contributed by atoms with Crippen molar-refractivity contribution >= 4 is 5.96 Å². The number of rotatable bonds is 9. The van der Waals surface area contributed by atoms with Gasteiger partial charge in [-0.3, -0.25) is 4.99 Å². The molecule has 0 aliphatic carbocycles. The lowest BCUT2D eigenvalue weighted by atomic mass is 10.1. The van der Waals surface area contributed by atoms with E-state index in [1.54, 1.807) is 12.1 Å². The highest BCUT2D eigenvalue weighted by Crippen LogP contribution is 2.11. The predicted octanol–water partition coefficient (Wildman–Crippen LogP) is 1.95. The maximum Gasteiger partial charge on any atom is 0.193 e. The van der Waals surface area contributed by atoms with Crippen molar-refractivity contribution in [1.82, 2.24) is 15.1 Å². The molecular formula is C20H33FN4O2. The standard InChI is InChI=1S/C20H33FN4O2/c1-3-22-20(23-11-4-12-25-13-9-18(26)10-14-25)24(2)15-16-27-19-7-5-17(21)6-8-19/h5-8,18,26H,3-4,9-16H2,1-2H3,(H,22,23). The van der Waals surface area contributed by atoms with Gasteiger partial charge in [-0.2, -0.15) is 0 Å². The third-order valence-corrected chi connectivity index (χ3v) is 4.66. The zero-order valence-corrected chi connectivity index (χ0v) is 16.5. The highest BCUT2D eigenvalue weighted by atomic mass is 19.1. The molecule has 0 radical (unpaired) electrons. The number of guanidine groups is 1. The molecule has 1 heterocycles. The molecule has 0 saturated carbocycles. The minimum Gasteiger partial charge on any atom is -0.492 e. The van der Waals surface area contributed by atoms with E-state index < -0.39 is 0 Å². The lowest BCUT2D eigenvalue weighted by Gasteiger charge is -2.29. The Bertz CT molecular complexity index is 560. The number of likely N-dealkylation sites (N-methyl/N-ethyl adjacent to an activating group) is 1. The van der Waals surface area contributed by atoms with Crippen LogP contribution in [0.1, 0.15) is 26.2 Å². The molecule has 6 nitrogen and oxygen atoms in total. The summed E-state index contributed by atoms with van der Waals surface area (Å²) in [5, 5.41) is 12.9. The summed E-state index contributed by atoms with van der Waals surface area (Å²) >= 11 is 0. The van der Waals surface area contributed by atoms with Gasteiger partial charge >= 0.3 is 0 Å². The molecule has 1 aromatic rings. The van der Waals surface area contributed by atoms with Gasteiger partial charge in [-0.1, -0.05) is 0 Å². The lowest BCUT2D eigenvalue weighted by Crippen LogP contribution is -2.41. The molecule has 2 N–H and O–H groups in total. The summed E-state index contributed by atoms with van der Waals surface area (Å²) in [5.41, 5.74) is 0. The van der Waals surface area contributed by atoms with Gasteiger partial charge in [0.1, 0.15) is 18.2 Å². The van der Waals surface area contributed by atoms with Crippen LogP contribution in [0.15, 0.2) is 29.3 Å². The fraction of sp³-hybridized carbons (Fsp3) is 0.650. The van der Waals surface area contributed by atoms with Gasteiger partial charge in [0.15, 0.2) is 5.96 Å². The first-order valence-electron chi connectivity index (χ1n) is 9.86. The number of hydrogen-bond acceptors (Lipinski definition) is 4. The number of aliphatic imine (C=N–C) groups is 1. The lowest BCUT2D eigenvalue weighted by molar-refractivity contribution is 0.0824. The molecule has 0 amide bonds. The number of ether oxygens (including phenoxy) is 1. The summed E-state index contributed by atoms with van der Waals surface area (Å²) in [5.74, 6) is 1.27. The fourth-order valence-electron chi connectivity index (χ4n) is 3.03. The van der Waals surface area contributed by atoms with E-state index in [2.05, 4.69) is 17.1 Å². The van der Waals surface area contributed by atoms with Crippen LogP contribution in [0.5, 0.6) is 5.75 Å². The Morgan fingerprint density at radius 2 is 2.04 bits per heavy atom. The molecule has 1 fully saturated rings. The minimum atomic E-state index is -0.262. The van der Waals surface area contributed by atoms with Gasteiger partial charge in [0.05, 0.1) is 12.6 Å². The minimum absolute atomic E-state index is 0.120. The van der Waals surface area contributed by atoms with Crippen molar-refractivity contribution in [3.05, 3.63) is 30.1 Å². The number of nitrogens with one attached hydrogen (secondary N) is 1. The third kappa shape index (κ3) is 8.13. The fourth-order valence-corrected chi connectivity index (χ4v) is 3.03. The summed E-state index contributed by atoms with van der Waals surface area (Å²) in [6.07, 6.45) is 2.64. The van der Waals surface area contributed by atoms with Crippen molar-refractivity contribution in [3.8, 4) is 5.75 Å². The van der Waals surface area contributed by atoms with E-state index in [9.17, 15) is 9.50 Å². The molecule has 0 atom stereocenters. The van der Waals surface area contributed by atoms with E-state index >= 15 is 0 Å². The summed E-state index contributed by atoms with van der Waals surface area (Å²) in [7, 11) is 1.99. The molecule has 1 saturated heterocycles. The zero-order chi connectivity index (χ0) is 19.5. The highest BCUT2D eigenvalue weighted by Gasteiger charge is 2.16. The quantitative estimate of drug-likeness (QED) is 0.390. The number of nitrogens with zero attached hydrogens (tertiary/aromatic N) is 3. The van der Waals surface area contributed by atoms with Gasteiger partial charge < -0.3 is 25.0 Å². The topological polar surface area (TPSA) is 60.3 Å². The van der Waals surface area contributed by atoms with Crippen molar-refractivity contribution in [1.29, 1.82) is 0 Å². The van der Waals surface area contributed by atoms with E-state index in [-0.39, 0.29) is 11.9 Å². The first-order valence-corrected chi connectivity index (χ1v) is 9.86. The van der Waals surface area contributed by atoms with Gasteiger partial charge in [-0.25, -0.2) is 4.39 Å². The van der Waals surface area contributed by atoms with Gasteiger partial charge in [0.25, 0.3) is 0 Å². The van der Waals surface area contributed by atoms with Gasteiger partial charge in [-0.15, -0.1) is 0 Å². The first-order chi connectivity index (χ1) is 13.1. The second-order valence-corrected chi connectivity index (χ2v) is 6.89. The molecule has 0 aromatic heterocycles. The average molecular weight is 381 g/mol. The third-order valence-electron chi connectivity index (χ3n) is 4.66. The van der Waals surface area contributed by atoms with Crippen LogP contribution in [0.4, 0.5) is 4.39 Å². The van der Waals surface area contributed by atoms with E-state index in [0.717, 1.165) is 57.9 Å². The van der Waals surface area contributed by atoms with Crippen LogP contribution in [-0.4, -0.2) is 79.9 Å². The van der Waals surface area contributed by atoms with Crippen molar-refractivity contribution in [2.24, 2.45) is 4.99 Å². The summed E-state index contributed by atoms with van der Waals surface area (Å²) in [4.78, 5) is 9.14. The molecule has 2 rings (SSSR count). The van der Waals surface area contributed by atoms with Gasteiger partial charge in [-0.05, 0) is 57.0 Å². The Kier molecular flexibility index (Phi) is 9.35. The second-order valence-electron chi connectivity index (χ2n) is 6.89. The summed E-state index contributed by atoms with van der Waals surface area (Å²) in [6, 6.07) is 6.06. The Morgan fingerprint density at radius 3 is 2.70 bits per heavy atom. The SMILES string of the molecule is CCNC(=NCCCN1CCC(O)CC1)N(C)CCOc1ccc(F)cc1. The van der Waals surface area contributed by atoms with Crippen LogP contribution >= 0.6 is 0 Å². The molecule has 0 bridgehead atoms. The van der Waals surface area contributed by atoms with Gasteiger partial charge in [0, 0.05) is 33.2 Å². The molecule has 1 aliphatic heterocycles. The maximum atomic E-state index is 12.9. The normalized spacial score (nSPS) is 16.4. The van der Waals surface area contributed by atoms with E-state index in [4.69, 9.17) is 9.73 Å². The van der Waals surface area contributed by atoms with Crippen LogP contribution in [0.3, 0.4) is 0 Å². The van der Waals surface area contributed by atoms with Crippen LogP contribution < -0.4 is 10.1 Å². The molecule has 0 unspecified atom stereocenters. The van der Waals surface area contributed by atoms with Crippen LogP contribution in [0.2, 0.25) is 0 Å². The number of piperidine rings is 1. The number of aliphatic hydroxyl groups excluding tert-OH is 1. The predicted molar refractivity (Wildman–Crippen MR) is 107 cm³/mol. The monoisotopic (exact) mass is 380 g/mol. The number of halogens is 1. The molecule has 152 valence electrons. The summed E-state index contributed by atoms with van der Waals surface area (Å²) < 4.78 is 18.6. The first kappa shape index (κ1) is 21.4. The Balaban J connectivity index is 1.69. The Morgan fingerprint density at radius 1 is 1.33 bits per heavy atom. The van der Waals surface area contributed by atoms with Crippen LogP contribution in [0, 0.1) is 5.82 Å². The van der Waals surface area contributed by atoms with Crippen molar-refractivity contribution in [2.45, 2.75) is 32.3 Å². The van der Waals surface area contributed by atoms with Crippen molar-refractivity contribution < 1.29 is 14.2 Å².